The van der Waals surface area contributed by atoms with Crippen molar-refractivity contribution in [3.63, 3.8) is 0 Å². The number of aliphatic hydroxyl groups is 1. The van der Waals surface area contributed by atoms with Crippen LogP contribution in [0.1, 0.15) is 41.6 Å². The van der Waals surface area contributed by atoms with Gasteiger partial charge in [0.05, 0.1) is 12.1 Å². The van der Waals surface area contributed by atoms with Gasteiger partial charge in [0.2, 0.25) is 5.91 Å². The molecule has 2 amide bonds. The number of rotatable bonds is 4. The van der Waals surface area contributed by atoms with E-state index in [0.29, 0.717) is 5.56 Å². The summed E-state index contributed by atoms with van der Waals surface area (Å²) in [5.41, 5.74) is 1.42. The Morgan fingerprint density at radius 1 is 1.18 bits per heavy atom. The molecular weight excluding hydrogens is 280 g/mol. The van der Waals surface area contributed by atoms with Crippen molar-refractivity contribution in [1.29, 1.82) is 0 Å². The highest BCUT2D eigenvalue weighted by Gasteiger charge is 2.23. The van der Waals surface area contributed by atoms with Crippen molar-refractivity contribution in [2.75, 3.05) is 7.05 Å². The number of carbonyl (C=O) groups is 2. The van der Waals surface area contributed by atoms with Crippen molar-refractivity contribution in [1.82, 2.24) is 10.6 Å². The second kappa shape index (κ2) is 7.75. The molecule has 2 atom stereocenters. The summed E-state index contributed by atoms with van der Waals surface area (Å²) in [6.45, 7) is 0. The molecule has 5 nitrogen and oxygen atoms in total. The lowest BCUT2D eigenvalue weighted by molar-refractivity contribution is -0.118. The van der Waals surface area contributed by atoms with Crippen LogP contribution in [0, 0.1) is 0 Å². The molecule has 0 saturated heterocycles. The zero-order valence-corrected chi connectivity index (χ0v) is 12.7. The molecule has 0 radical (unpaired) electrons. The predicted octanol–water partition coefficient (Wildman–Crippen LogP) is 1.48. The number of nitrogens with one attached hydrogen (secondary N) is 2. The second-order valence-corrected chi connectivity index (χ2v) is 5.50. The standard InChI is InChI=1S/C17H22N2O3/c1-18-17(22)13-9-6-12(7-10-13)8-11-16(21)19-14-4-2-3-5-15(14)20/h6-11,14-15,20H,2-5H2,1H3,(H,18,22)(H,19,21)/b11-8+. The third-order valence-electron chi connectivity index (χ3n) is 3.88. The van der Waals surface area contributed by atoms with Crippen molar-refractivity contribution >= 4 is 17.9 Å². The van der Waals surface area contributed by atoms with E-state index in [1.807, 2.05) is 0 Å². The van der Waals surface area contributed by atoms with E-state index in [2.05, 4.69) is 10.6 Å². The van der Waals surface area contributed by atoms with Gasteiger partial charge in [0, 0.05) is 18.7 Å². The van der Waals surface area contributed by atoms with Crippen molar-refractivity contribution in [3.05, 3.63) is 41.5 Å². The Kier molecular flexibility index (Phi) is 5.72. The van der Waals surface area contributed by atoms with Crippen LogP contribution in [0.25, 0.3) is 6.08 Å². The van der Waals surface area contributed by atoms with Crippen molar-refractivity contribution in [2.24, 2.45) is 0 Å². The minimum atomic E-state index is -0.446. The van der Waals surface area contributed by atoms with Crippen LogP contribution in [-0.2, 0) is 4.79 Å². The Bertz CT molecular complexity index is 552. The number of amides is 2. The maximum Gasteiger partial charge on any atom is 0.251 e. The third kappa shape index (κ3) is 4.43. The van der Waals surface area contributed by atoms with Gasteiger partial charge in [-0.25, -0.2) is 0 Å². The molecule has 1 aromatic rings. The fourth-order valence-corrected chi connectivity index (χ4v) is 2.57. The van der Waals surface area contributed by atoms with Crippen LogP contribution >= 0.6 is 0 Å². The number of carbonyl (C=O) groups excluding carboxylic acids is 2. The quantitative estimate of drug-likeness (QED) is 0.737. The van der Waals surface area contributed by atoms with Gasteiger partial charge >= 0.3 is 0 Å². The lowest BCUT2D eigenvalue weighted by Crippen LogP contribution is -2.44. The average Bonchev–Trinajstić information content (AvgIpc) is 2.55. The monoisotopic (exact) mass is 302 g/mol. The van der Waals surface area contributed by atoms with E-state index in [1.165, 1.54) is 6.08 Å². The largest absolute Gasteiger partial charge is 0.391 e. The highest BCUT2D eigenvalue weighted by atomic mass is 16.3. The van der Waals surface area contributed by atoms with Crippen LogP contribution in [0.3, 0.4) is 0 Å². The maximum absolute atomic E-state index is 11.9. The van der Waals surface area contributed by atoms with Crippen LogP contribution in [0.4, 0.5) is 0 Å². The number of hydrogen-bond donors (Lipinski definition) is 3. The lowest BCUT2D eigenvalue weighted by atomic mass is 9.92. The van der Waals surface area contributed by atoms with E-state index in [-0.39, 0.29) is 17.9 Å². The van der Waals surface area contributed by atoms with Gasteiger partial charge in [-0.2, -0.15) is 0 Å². The van der Waals surface area contributed by atoms with Crippen LogP contribution in [0.2, 0.25) is 0 Å². The SMILES string of the molecule is CNC(=O)c1ccc(/C=C/C(=O)NC2CCCCC2O)cc1. The zero-order chi connectivity index (χ0) is 15.9. The van der Waals surface area contributed by atoms with Gasteiger partial charge in [0.25, 0.3) is 5.91 Å². The summed E-state index contributed by atoms with van der Waals surface area (Å²) in [5.74, 6) is -0.346. The van der Waals surface area contributed by atoms with Gasteiger partial charge < -0.3 is 15.7 Å². The summed E-state index contributed by atoms with van der Waals surface area (Å²) in [5, 5.41) is 15.2. The Morgan fingerprint density at radius 2 is 1.86 bits per heavy atom. The Hall–Kier alpha value is -2.14. The Morgan fingerprint density at radius 3 is 2.50 bits per heavy atom. The molecule has 1 fully saturated rings. The average molecular weight is 302 g/mol. The van der Waals surface area contributed by atoms with Gasteiger partial charge in [-0.05, 0) is 36.6 Å². The number of hydrogen-bond acceptors (Lipinski definition) is 3. The number of aliphatic hydroxyl groups excluding tert-OH is 1. The van der Waals surface area contributed by atoms with Crippen LogP contribution < -0.4 is 10.6 Å². The molecule has 3 N–H and O–H groups in total. The molecule has 0 aliphatic heterocycles. The van der Waals surface area contributed by atoms with E-state index in [4.69, 9.17) is 0 Å². The minimum absolute atomic E-state index is 0.139. The van der Waals surface area contributed by atoms with Crippen LogP contribution in [0.5, 0.6) is 0 Å². The van der Waals surface area contributed by atoms with Gasteiger partial charge in [0.1, 0.15) is 0 Å². The fraction of sp³-hybridized carbons (Fsp3) is 0.412. The van der Waals surface area contributed by atoms with Gasteiger partial charge in [-0.15, -0.1) is 0 Å². The summed E-state index contributed by atoms with van der Waals surface area (Å²) in [6, 6.07) is 6.83. The number of benzene rings is 1. The highest BCUT2D eigenvalue weighted by Crippen LogP contribution is 2.18. The van der Waals surface area contributed by atoms with Gasteiger partial charge in [-0.3, -0.25) is 9.59 Å². The predicted molar refractivity (Wildman–Crippen MR) is 85.3 cm³/mol. The fourth-order valence-electron chi connectivity index (χ4n) is 2.57. The molecule has 1 aliphatic carbocycles. The smallest absolute Gasteiger partial charge is 0.251 e. The van der Waals surface area contributed by atoms with E-state index >= 15 is 0 Å². The summed E-state index contributed by atoms with van der Waals surface area (Å²) >= 11 is 0. The molecule has 0 bridgehead atoms. The molecule has 1 aliphatic rings. The van der Waals surface area contributed by atoms with E-state index < -0.39 is 6.10 Å². The first-order valence-electron chi connectivity index (χ1n) is 7.59. The molecule has 2 unspecified atom stereocenters. The van der Waals surface area contributed by atoms with Gasteiger partial charge in [-0.1, -0.05) is 25.0 Å². The molecule has 5 heteroatoms. The normalized spacial score (nSPS) is 21.5. The van der Waals surface area contributed by atoms with E-state index in [0.717, 1.165) is 31.2 Å². The van der Waals surface area contributed by atoms with E-state index in [9.17, 15) is 14.7 Å². The molecule has 0 heterocycles. The van der Waals surface area contributed by atoms with Gasteiger partial charge in [0.15, 0.2) is 0 Å². The molecule has 1 aromatic carbocycles. The van der Waals surface area contributed by atoms with E-state index in [1.54, 1.807) is 37.4 Å². The highest BCUT2D eigenvalue weighted by molar-refractivity contribution is 5.94. The van der Waals surface area contributed by atoms with Crippen LogP contribution in [-0.4, -0.2) is 36.1 Å². The topological polar surface area (TPSA) is 78.4 Å². The Labute approximate surface area is 130 Å². The second-order valence-electron chi connectivity index (χ2n) is 5.50. The third-order valence-corrected chi connectivity index (χ3v) is 3.88. The first-order valence-corrected chi connectivity index (χ1v) is 7.59. The zero-order valence-electron chi connectivity index (χ0n) is 12.7. The maximum atomic E-state index is 11.9. The molecule has 118 valence electrons. The summed E-state index contributed by atoms with van der Waals surface area (Å²) in [4.78, 5) is 23.3. The van der Waals surface area contributed by atoms with Crippen molar-refractivity contribution in [2.45, 2.75) is 37.8 Å². The van der Waals surface area contributed by atoms with Crippen molar-refractivity contribution in [3.8, 4) is 0 Å². The Balaban J connectivity index is 1.90. The summed E-state index contributed by atoms with van der Waals surface area (Å²) in [7, 11) is 1.58. The van der Waals surface area contributed by atoms with Crippen LogP contribution in [0.15, 0.2) is 30.3 Å². The molecule has 0 spiro atoms. The summed E-state index contributed by atoms with van der Waals surface area (Å²) in [6.07, 6.45) is 6.32. The first-order chi connectivity index (χ1) is 10.6. The summed E-state index contributed by atoms with van der Waals surface area (Å²) < 4.78 is 0. The molecule has 2 rings (SSSR count). The molecule has 1 saturated carbocycles. The molecule has 22 heavy (non-hydrogen) atoms. The van der Waals surface area contributed by atoms with Crippen molar-refractivity contribution < 1.29 is 14.7 Å². The molecule has 0 aromatic heterocycles. The molecular formula is C17H22N2O3. The minimum Gasteiger partial charge on any atom is -0.391 e. The first kappa shape index (κ1) is 16.2. The lowest BCUT2D eigenvalue weighted by Gasteiger charge is -2.27.